The van der Waals surface area contributed by atoms with Gasteiger partial charge >= 0.3 is 0 Å². The predicted octanol–water partition coefficient (Wildman–Crippen LogP) is 3.06. The molecule has 2 aromatic carbocycles. The highest BCUT2D eigenvalue weighted by atomic mass is 19.1. The summed E-state index contributed by atoms with van der Waals surface area (Å²) in [6.45, 7) is 0.0362. The minimum absolute atomic E-state index is 0.0362. The first-order valence-electron chi connectivity index (χ1n) is 5.94. The lowest BCUT2D eigenvalue weighted by Gasteiger charge is -2.04. The van der Waals surface area contributed by atoms with Gasteiger partial charge in [0.15, 0.2) is 5.78 Å². The van der Waals surface area contributed by atoms with Crippen LogP contribution in [0.15, 0.2) is 54.7 Å². The number of Topliss-reactive ketones (excluding diaryl/α,β-unsaturated/α-hetero) is 1. The summed E-state index contributed by atoms with van der Waals surface area (Å²) in [7, 11) is 0. The predicted molar refractivity (Wildman–Crippen MR) is 70.5 cm³/mol. The van der Waals surface area contributed by atoms with Crippen LogP contribution in [0.4, 0.5) is 4.39 Å². The zero-order valence-corrected chi connectivity index (χ0v) is 10.1. The fraction of sp³-hybridized carbons (Fsp3) is 0.0667. The smallest absolute Gasteiger partial charge is 0.187 e. The van der Waals surface area contributed by atoms with Crippen molar-refractivity contribution in [2.24, 2.45) is 0 Å². The monoisotopic (exact) mass is 254 g/mol. The van der Waals surface area contributed by atoms with E-state index in [4.69, 9.17) is 0 Å². The van der Waals surface area contributed by atoms with Crippen LogP contribution in [0.3, 0.4) is 0 Å². The van der Waals surface area contributed by atoms with Crippen LogP contribution in [0.2, 0.25) is 0 Å². The van der Waals surface area contributed by atoms with Gasteiger partial charge in [0.1, 0.15) is 12.4 Å². The molecule has 4 heteroatoms. The Morgan fingerprint density at radius 1 is 1.11 bits per heavy atom. The van der Waals surface area contributed by atoms with E-state index in [0.717, 1.165) is 10.9 Å². The third-order valence-corrected chi connectivity index (χ3v) is 3.02. The lowest BCUT2D eigenvalue weighted by atomic mass is 10.1. The van der Waals surface area contributed by atoms with Crippen molar-refractivity contribution in [1.82, 2.24) is 9.78 Å². The summed E-state index contributed by atoms with van der Waals surface area (Å²) in [5.74, 6) is -0.782. The zero-order valence-electron chi connectivity index (χ0n) is 10.1. The number of hydrogen-bond donors (Lipinski definition) is 0. The summed E-state index contributed by atoms with van der Waals surface area (Å²) in [4.78, 5) is 12.1. The standard InChI is InChI=1S/C15H11FN2O/c16-13-7-3-2-6-12(13)15(19)10-18-14-8-4-1-5-11(14)9-17-18/h1-9H,10H2. The van der Waals surface area contributed by atoms with Crippen LogP contribution in [0.1, 0.15) is 10.4 Å². The minimum Gasteiger partial charge on any atom is -0.292 e. The molecule has 0 unspecified atom stereocenters. The highest BCUT2D eigenvalue weighted by molar-refractivity contribution is 5.96. The van der Waals surface area contributed by atoms with E-state index >= 15 is 0 Å². The molecule has 0 fully saturated rings. The molecule has 0 amide bonds. The third kappa shape index (κ3) is 2.12. The lowest BCUT2D eigenvalue weighted by molar-refractivity contribution is 0.0965. The summed E-state index contributed by atoms with van der Waals surface area (Å²) in [6.07, 6.45) is 1.70. The number of fused-ring (bicyclic) bond motifs is 1. The van der Waals surface area contributed by atoms with E-state index in [9.17, 15) is 9.18 Å². The number of ketones is 1. The average molecular weight is 254 g/mol. The molecule has 0 saturated carbocycles. The van der Waals surface area contributed by atoms with Gasteiger partial charge in [-0.25, -0.2) is 4.39 Å². The van der Waals surface area contributed by atoms with Crippen molar-refractivity contribution in [3.05, 3.63) is 66.1 Å². The first kappa shape index (κ1) is 11.6. The summed E-state index contributed by atoms with van der Waals surface area (Å²) in [6, 6.07) is 13.6. The molecule has 0 aliphatic heterocycles. The van der Waals surface area contributed by atoms with Gasteiger partial charge < -0.3 is 0 Å². The molecule has 3 rings (SSSR count). The van der Waals surface area contributed by atoms with E-state index in [1.807, 2.05) is 24.3 Å². The molecule has 0 bridgehead atoms. The number of para-hydroxylation sites is 1. The Morgan fingerprint density at radius 2 is 1.84 bits per heavy atom. The molecular weight excluding hydrogens is 243 g/mol. The van der Waals surface area contributed by atoms with Gasteiger partial charge in [-0.1, -0.05) is 30.3 Å². The van der Waals surface area contributed by atoms with E-state index in [-0.39, 0.29) is 17.9 Å². The summed E-state index contributed by atoms with van der Waals surface area (Å²) >= 11 is 0. The van der Waals surface area contributed by atoms with Crippen LogP contribution in [0.5, 0.6) is 0 Å². The van der Waals surface area contributed by atoms with Crippen molar-refractivity contribution >= 4 is 16.7 Å². The maximum atomic E-state index is 13.5. The molecule has 0 atom stereocenters. The Bertz CT molecular complexity index is 748. The van der Waals surface area contributed by atoms with Gasteiger partial charge in [0.05, 0.1) is 17.3 Å². The molecule has 0 radical (unpaired) electrons. The molecule has 1 heterocycles. The largest absolute Gasteiger partial charge is 0.292 e. The first-order chi connectivity index (χ1) is 9.25. The van der Waals surface area contributed by atoms with Crippen molar-refractivity contribution in [3.8, 4) is 0 Å². The molecule has 0 N–H and O–H groups in total. The van der Waals surface area contributed by atoms with Crippen molar-refractivity contribution in [1.29, 1.82) is 0 Å². The van der Waals surface area contributed by atoms with Crippen LogP contribution in [0.25, 0.3) is 10.9 Å². The lowest BCUT2D eigenvalue weighted by Crippen LogP contribution is -2.12. The SMILES string of the molecule is O=C(Cn1ncc2ccccc21)c1ccccc1F. The van der Waals surface area contributed by atoms with Crippen molar-refractivity contribution in [3.63, 3.8) is 0 Å². The molecule has 0 aliphatic rings. The number of aromatic nitrogens is 2. The van der Waals surface area contributed by atoms with Gasteiger partial charge in [-0.15, -0.1) is 0 Å². The summed E-state index contributed by atoms with van der Waals surface area (Å²) in [5.41, 5.74) is 0.967. The molecule has 0 saturated heterocycles. The quantitative estimate of drug-likeness (QED) is 0.673. The van der Waals surface area contributed by atoms with Gasteiger partial charge in [0, 0.05) is 5.39 Å². The fourth-order valence-corrected chi connectivity index (χ4v) is 2.06. The highest BCUT2D eigenvalue weighted by Gasteiger charge is 2.13. The first-order valence-corrected chi connectivity index (χ1v) is 5.94. The van der Waals surface area contributed by atoms with Crippen molar-refractivity contribution in [2.75, 3.05) is 0 Å². The number of carbonyl (C=O) groups is 1. The van der Waals surface area contributed by atoms with Crippen LogP contribution >= 0.6 is 0 Å². The van der Waals surface area contributed by atoms with E-state index in [2.05, 4.69) is 5.10 Å². The summed E-state index contributed by atoms with van der Waals surface area (Å²) < 4.78 is 15.1. The summed E-state index contributed by atoms with van der Waals surface area (Å²) in [5, 5.41) is 5.13. The van der Waals surface area contributed by atoms with E-state index in [1.165, 1.54) is 12.1 Å². The number of benzene rings is 2. The van der Waals surface area contributed by atoms with Gasteiger partial charge in [0.25, 0.3) is 0 Å². The second kappa shape index (κ2) is 4.65. The molecule has 0 aliphatic carbocycles. The molecule has 3 aromatic rings. The molecule has 3 nitrogen and oxygen atoms in total. The third-order valence-electron chi connectivity index (χ3n) is 3.02. The molecular formula is C15H11FN2O. The average Bonchev–Trinajstić information content (AvgIpc) is 2.83. The maximum Gasteiger partial charge on any atom is 0.187 e. The normalized spacial score (nSPS) is 10.8. The second-order valence-electron chi connectivity index (χ2n) is 4.26. The highest BCUT2D eigenvalue weighted by Crippen LogP contribution is 2.14. The van der Waals surface area contributed by atoms with E-state index in [1.54, 1.807) is 23.0 Å². The van der Waals surface area contributed by atoms with Crippen LogP contribution < -0.4 is 0 Å². The number of carbonyl (C=O) groups excluding carboxylic acids is 1. The Balaban J connectivity index is 1.94. The van der Waals surface area contributed by atoms with Crippen LogP contribution in [0, 0.1) is 5.82 Å². The maximum absolute atomic E-state index is 13.5. The minimum atomic E-state index is -0.496. The Morgan fingerprint density at radius 3 is 2.68 bits per heavy atom. The molecule has 94 valence electrons. The van der Waals surface area contributed by atoms with Gasteiger partial charge in [-0.3, -0.25) is 9.48 Å². The topological polar surface area (TPSA) is 34.9 Å². The number of nitrogens with zero attached hydrogens (tertiary/aromatic N) is 2. The van der Waals surface area contributed by atoms with E-state index in [0.29, 0.717) is 0 Å². The molecule has 19 heavy (non-hydrogen) atoms. The second-order valence-corrected chi connectivity index (χ2v) is 4.26. The van der Waals surface area contributed by atoms with Gasteiger partial charge in [0.2, 0.25) is 0 Å². The Labute approximate surface area is 109 Å². The van der Waals surface area contributed by atoms with E-state index < -0.39 is 5.82 Å². The van der Waals surface area contributed by atoms with Crippen LogP contribution in [-0.2, 0) is 6.54 Å². The number of halogens is 1. The van der Waals surface area contributed by atoms with Crippen molar-refractivity contribution in [2.45, 2.75) is 6.54 Å². The van der Waals surface area contributed by atoms with Gasteiger partial charge in [-0.2, -0.15) is 5.10 Å². The number of rotatable bonds is 3. The van der Waals surface area contributed by atoms with Gasteiger partial charge in [-0.05, 0) is 18.2 Å². The van der Waals surface area contributed by atoms with Crippen molar-refractivity contribution < 1.29 is 9.18 Å². The number of hydrogen-bond acceptors (Lipinski definition) is 2. The Kier molecular flexibility index (Phi) is 2.83. The Hall–Kier alpha value is -2.49. The molecule has 1 aromatic heterocycles. The zero-order chi connectivity index (χ0) is 13.2. The van der Waals surface area contributed by atoms with Crippen LogP contribution in [-0.4, -0.2) is 15.6 Å². The fourth-order valence-electron chi connectivity index (χ4n) is 2.06. The molecule has 0 spiro atoms.